The number of rotatable bonds is 10. The summed E-state index contributed by atoms with van der Waals surface area (Å²) in [6, 6.07) is 14.1. The third-order valence-electron chi connectivity index (χ3n) is 8.41. The van der Waals surface area contributed by atoms with Crippen molar-refractivity contribution in [2.45, 2.75) is 82.0 Å². The first-order valence-electron chi connectivity index (χ1n) is 13.8. The number of aliphatic hydroxyl groups excluding tert-OH is 1. The number of aliphatic hydroxyl groups is 1. The Hall–Kier alpha value is -2.04. The van der Waals surface area contributed by atoms with Gasteiger partial charge >= 0.3 is 5.97 Å². The van der Waals surface area contributed by atoms with Crippen LogP contribution in [0.4, 0.5) is 0 Å². The third-order valence-corrected chi connectivity index (χ3v) is 16.4. The van der Waals surface area contributed by atoms with E-state index in [1.807, 2.05) is 19.1 Å². The Morgan fingerprint density at radius 2 is 1.54 bits per heavy atom. The topological polar surface area (TPSA) is 93.1 Å². The average Bonchev–Trinajstić information content (AvgIpc) is 2.90. The zero-order valence-electron chi connectivity index (χ0n) is 24.5. The maximum atomic E-state index is 13.9. The van der Waals surface area contributed by atoms with Gasteiger partial charge in [0.2, 0.25) is 18.3 Å². The van der Waals surface area contributed by atoms with Crippen LogP contribution in [0.25, 0.3) is 0 Å². The van der Waals surface area contributed by atoms with Crippen LogP contribution in [-0.4, -0.2) is 65.0 Å². The number of ether oxygens (including phenoxy) is 1. The zero-order valence-corrected chi connectivity index (χ0v) is 26.4. The first kappa shape index (κ1) is 31.5. The van der Waals surface area contributed by atoms with Crippen LogP contribution in [0.5, 0.6) is 0 Å². The number of nitrogens with zero attached hydrogens (tertiary/aromatic N) is 1. The van der Waals surface area contributed by atoms with Crippen LogP contribution < -0.4 is 0 Å². The lowest BCUT2D eigenvalue weighted by molar-refractivity contribution is 0.0333. The fourth-order valence-electron chi connectivity index (χ4n) is 6.61. The molecule has 7 nitrogen and oxygen atoms in total. The molecule has 1 heterocycles. The van der Waals surface area contributed by atoms with Gasteiger partial charge in [0.25, 0.3) is 0 Å². The highest BCUT2D eigenvalue weighted by molar-refractivity contribution is 7.89. The number of aryl methyl sites for hydroxylation is 1. The Labute approximate surface area is 235 Å². The molecule has 1 aliphatic heterocycles. The lowest BCUT2D eigenvalue weighted by Crippen LogP contribution is -2.58. The van der Waals surface area contributed by atoms with Crippen molar-refractivity contribution in [1.82, 2.24) is 4.31 Å². The minimum atomic E-state index is -3.84. The average molecular weight is 576 g/mol. The molecule has 9 heteroatoms. The van der Waals surface area contributed by atoms with Gasteiger partial charge in [0.05, 0.1) is 23.7 Å². The maximum Gasteiger partial charge on any atom is 0.338 e. The number of carbonyl (C=O) groups excluding carboxylic acids is 1. The van der Waals surface area contributed by atoms with Gasteiger partial charge in [-0.3, -0.25) is 0 Å². The Morgan fingerprint density at radius 1 is 0.974 bits per heavy atom. The summed E-state index contributed by atoms with van der Waals surface area (Å²) in [5, 5.41) is 10.7. The molecule has 3 atom stereocenters. The summed E-state index contributed by atoms with van der Waals surface area (Å²) in [6.45, 7) is 15.1. The molecule has 1 saturated heterocycles. The Balaban J connectivity index is 2.20. The van der Waals surface area contributed by atoms with Crippen molar-refractivity contribution in [3.8, 4) is 0 Å². The molecule has 3 rings (SSSR count). The van der Waals surface area contributed by atoms with Crippen LogP contribution in [0.3, 0.4) is 0 Å². The molecule has 216 valence electrons. The van der Waals surface area contributed by atoms with E-state index in [0.29, 0.717) is 5.56 Å². The lowest BCUT2D eigenvalue weighted by atomic mass is 9.78. The van der Waals surface area contributed by atoms with Gasteiger partial charge in [-0.05, 0) is 47.3 Å². The van der Waals surface area contributed by atoms with Gasteiger partial charge in [-0.2, -0.15) is 4.31 Å². The van der Waals surface area contributed by atoms with Gasteiger partial charge < -0.3 is 14.3 Å². The molecule has 0 unspecified atom stereocenters. The first-order chi connectivity index (χ1) is 18.3. The Morgan fingerprint density at radius 3 is 2.05 bits per heavy atom. The molecule has 1 fully saturated rings. The molecule has 39 heavy (non-hydrogen) atoms. The molecule has 1 aliphatic rings. The van der Waals surface area contributed by atoms with E-state index in [1.54, 1.807) is 36.4 Å². The number of sulfonamides is 1. The van der Waals surface area contributed by atoms with Crippen molar-refractivity contribution in [1.29, 1.82) is 0 Å². The van der Waals surface area contributed by atoms with E-state index in [4.69, 9.17) is 9.16 Å². The van der Waals surface area contributed by atoms with Crippen LogP contribution >= 0.6 is 0 Å². The molecule has 2 aromatic carbocycles. The van der Waals surface area contributed by atoms with E-state index in [9.17, 15) is 18.3 Å². The normalized spacial score (nSPS) is 21.1. The third kappa shape index (κ3) is 6.17. The summed E-state index contributed by atoms with van der Waals surface area (Å²) in [5.74, 6) is -1.33. The van der Waals surface area contributed by atoms with E-state index >= 15 is 0 Å². The van der Waals surface area contributed by atoms with E-state index in [2.05, 4.69) is 41.5 Å². The minimum absolute atomic E-state index is 0.117. The summed E-state index contributed by atoms with van der Waals surface area (Å²) in [5.41, 5.74) is 2.92. The molecule has 0 aliphatic carbocycles. The molecule has 0 bridgehead atoms. The van der Waals surface area contributed by atoms with Gasteiger partial charge in [-0.1, -0.05) is 77.4 Å². The fraction of sp³-hybridized carbons (Fsp3) is 0.567. The van der Waals surface area contributed by atoms with E-state index in [-0.39, 0.29) is 41.2 Å². The molecular formula is C30H45NO6SSi. The predicted molar refractivity (Wildman–Crippen MR) is 157 cm³/mol. The maximum absolute atomic E-state index is 13.9. The molecular weight excluding hydrogens is 530 g/mol. The summed E-state index contributed by atoms with van der Waals surface area (Å²) >= 11 is 0. The quantitative estimate of drug-likeness (QED) is 0.287. The second kappa shape index (κ2) is 12.6. The SMILES string of the molecule is COC(=O)c1ccccc1[C@@H]1[C@@H](CO)CN(S(=O)(=O)c2ccc(C)cc2)C[C@H]1O[Si](C(C)C)(C(C)C)C(C)C. The van der Waals surface area contributed by atoms with Gasteiger partial charge in [-0.25, -0.2) is 13.2 Å². The monoisotopic (exact) mass is 575 g/mol. The largest absolute Gasteiger partial charge is 0.465 e. The lowest BCUT2D eigenvalue weighted by Gasteiger charge is -2.50. The highest BCUT2D eigenvalue weighted by atomic mass is 32.2. The molecule has 0 aromatic heterocycles. The Bertz CT molecular complexity index is 1210. The second-order valence-corrected chi connectivity index (χ2v) is 19.0. The first-order valence-corrected chi connectivity index (χ1v) is 17.4. The highest BCUT2D eigenvalue weighted by Gasteiger charge is 2.51. The smallest absolute Gasteiger partial charge is 0.338 e. The second-order valence-electron chi connectivity index (χ2n) is 11.7. The number of benzene rings is 2. The van der Waals surface area contributed by atoms with Crippen molar-refractivity contribution >= 4 is 24.3 Å². The van der Waals surface area contributed by atoms with Gasteiger partial charge in [-0.15, -0.1) is 0 Å². The molecule has 0 amide bonds. The molecule has 1 N–H and O–H groups in total. The van der Waals surface area contributed by atoms with E-state index < -0.39 is 42.2 Å². The van der Waals surface area contributed by atoms with Crippen LogP contribution in [-0.2, 0) is 19.2 Å². The van der Waals surface area contributed by atoms with Crippen molar-refractivity contribution in [2.24, 2.45) is 5.92 Å². The fourth-order valence-corrected chi connectivity index (χ4v) is 13.7. The van der Waals surface area contributed by atoms with E-state index in [1.165, 1.54) is 11.4 Å². The number of esters is 1. The predicted octanol–water partition coefficient (Wildman–Crippen LogP) is 5.74. The highest BCUT2D eigenvalue weighted by Crippen LogP contribution is 2.47. The number of hydrogen-bond acceptors (Lipinski definition) is 6. The van der Waals surface area contributed by atoms with Gasteiger partial charge in [0, 0.05) is 31.5 Å². The zero-order chi connectivity index (χ0) is 29.1. The van der Waals surface area contributed by atoms with Gasteiger partial charge in [0.1, 0.15) is 0 Å². The summed E-state index contributed by atoms with van der Waals surface area (Å²) in [7, 11) is -4.97. The van der Waals surface area contributed by atoms with Crippen LogP contribution in [0.1, 0.15) is 68.9 Å². The van der Waals surface area contributed by atoms with Crippen molar-refractivity contribution in [3.63, 3.8) is 0 Å². The van der Waals surface area contributed by atoms with Crippen LogP contribution in [0, 0.1) is 12.8 Å². The standard InChI is InChI=1S/C30H45NO6SSi/c1-20(2)39(21(3)4,22(5)6)37-28-18-31(38(34,35)25-15-13-23(7)14-16-25)17-24(19-32)29(28)26-11-9-10-12-27(26)30(33)36-8/h9-16,20-22,24,28-29,32H,17-19H2,1-8H3/t24-,28-,29+/m1/s1. The molecule has 0 radical (unpaired) electrons. The van der Waals surface area contributed by atoms with Crippen molar-refractivity contribution < 1.29 is 27.5 Å². The van der Waals surface area contributed by atoms with Crippen LogP contribution in [0.15, 0.2) is 53.4 Å². The van der Waals surface area contributed by atoms with Crippen molar-refractivity contribution in [3.05, 3.63) is 65.2 Å². The summed E-state index contributed by atoms with van der Waals surface area (Å²) in [4.78, 5) is 13.0. The number of carbonyl (C=O) groups is 1. The number of hydrogen-bond donors (Lipinski definition) is 1. The molecule has 0 spiro atoms. The number of piperidine rings is 1. The summed E-state index contributed by atoms with van der Waals surface area (Å²) in [6.07, 6.45) is -0.555. The van der Waals surface area contributed by atoms with Gasteiger partial charge in [0.15, 0.2) is 0 Å². The van der Waals surface area contributed by atoms with Crippen LogP contribution in [0.2, 0.25) is 16.6 Å². The minimum Gasteiger partial charge on any atom is -0.465 e. The van der Waals surface area contributed by atoms with E-state index in [0.717, 1.165) is 11.1 Å². The van der Waals surface area contributed by atoms with Crippen molar-refractivity contribution in [2.75, 3.05) is 26.8 Å². The molecule has 2 aromatic rings. The Kier molecular flexibility index (Phi) is 10.2. The summed E-state index contributed by atoms with van der Waals surface area (Å²) < 4.78 is 41.6. The number of methoxy groups -OCH3 is 1. The molecule has 0 saturated carbocycles.